The molecule has 3 aromatic carbocycles. The lowest BCUT2D eigenvalue weighted by atomic mass is 10.0. The highest BCUT2D eigenvalue weighted by Crippen LogP contribution is 2.26. The van der Waals surface area contributed by atoms with Crippen LogP contribution in [0.25, 0.3) is 22.2 Å². The van der Waals surface area contributed by atoms with Crippen molar-refractivity contribution < 1.29 is 14.3 Å². The highest BCUT2D eigenvalue weighted by molar-refractivity contribution is 6.04. The Morgan fingerprint density at radius 3 is 2.36 bits per heavy atom. The molecule has 0 atom stereocenters. The summed E-state index contributed by atoms with van der Waals surface area (Å²) in [5, 5.41) is 0.751. The quantitative estimate of drug-likeness (QED) is 0.289. The summed E-state index contributed by atoms with van der Waals surface area (Å²) in [6.07, 6.45) is 3.41. The summed E-state index contributed by atoms with van der Waals surface area (Å²) in [6, 6.07) is 30.1. The number of ether oxygens (including phenoxy) is 2. The minimum Gasteiger partial charge on any atom is -0.457 e. The van der Waals surface area contributed by atoms with Gasteiger partial charge >= 0.3 is 5.97 Å². The van der Waals surface area contributed by atoms with E-state index in [0.717, 1.165) is 27.8 Å². The Morgan fingerprint density at radius 2 is 1.52 bits per heavy atom. The fourth-order valence-electron chi connectivity index (χ4n) is 3.56. The van der Waals surface area contributed by atoms with Crippen LogP contribution in [0.2, 0.25) is 0 Å². The molecule has 0 aliphatic heterocycles. The lowest BCUT2D eigenvalue weighted by Gasteiger charge is -2.11. The maximum absolute atomic E-state index is 13.1. The minimum absolute atomic E-state index is 0.131. The van der Waals surface area contributed by atoms with E-state index < -0.39 is 5.97 Å². The van der Waals surface area contributed by atoms with Crippen molar-refractivity contribution in [1.29, 1.82) is 0 Å². The van der Waals surface area contributed by atoms with Crippen LogP contribution in [0.15, 0.2) is 109 Å². The van der Waals surface area contributed by atoms with Gasteiger partial charge in [0.1, 0.15) is 18.1 Å². The average molecular weight is 432 g/mol. The smallest absolute Gasteiger partial charge is 0.339 e. The van der Waals surface area contributed by atoms with Crippen LogP contribution in [0.1, 0.15) is 15.9 Å². The van der Waals surface area contributed by atoms with Crippen LogP contribution in [0.4, 0.5) is 0 Å². The van der Waals surface area contributed by atoms with E-state index in [4.69, 9.17) is 14.5 Å². The first kappa shape index (κ1) is 20.4. The van der Waals surface area contributed by atoms with Crippen LogP contribution < -0.4 is 4.74 Å². The summed E-state index contributed by atoms with van der Waals surface area (Å²) in [6.45, 7) is 0.131. The summed E-state index contributed by atoms with van der Waals surface area (Å²) in [5.74, 6) is 1.03. The number of para-hydroxylation sites is 2. The maximum Gasteiger partial charge on any atom is 0.339 e. The molecule has 2 aromatic heterocycles. The molecule has 0 amide bonds. The predicted octanol–water partition coefficient (Wildman–Crippen LogP) is 6.45. The zero-order valence-electron chi connectivity index (χ0n) is 17.7. The van der Waals surface area contributed by atoms with Crippen molar-refractivity contribution in [3.8, 4) is 22.8 Å². The summed E-state index contributed by atoms with van der Waals surface area (Å²) in [5.41, 5.74) is 3.63. The van der Waals surface area contributed by atoms with Crippen LogP contribution in [0.3, 0.4) is 0 Å². The number of nitrogens with zero attached hydrogens (tertiary/aromatic N) is 2. The number of fused-ring (bicyclic) bond motifs is 1. The van der Waals surface area contributed by atoms with Gasteiger partial charge in [0.2, 0.25) is 0 Å². The van der Waals surface area contributed by atoms with Crippen LogP contribution in [-0.4, -0.2) is 15.9 Å². The highest BCUT2D eigenvalue weighted by atomic mass is 16.5. The summed E-state index contributed by atoms with van der Waals surface area (Å²) < 4.78 is 11.6. The lowest BCUT2D eigenvalue weighted by Crippen LogP contribution is -2.07. The van der Waals surface area contributed by atoms with Crippen LogP contribution >= 0.6 is 0 Å². The topological polar surface area (TPSA) is 61.3 Å². The number of carbonyl (C=O) groups is 1. The molecule has 0 unspecified atom stereocenters. The van der Waals surface area contributed by atoms with E-state index in [1.165, 1.54) is 0 Å². The van der Waals surface area contributed by atoms with Gasteiger partial charge in [-0.3, -0.25) is 4.98 Å². The number of carbonyl (C=O) groups excluding carboxylic acids is 1. The van der Waals surface area contributed by atoms with Gasteiger partial charge in [-0.15, -0.1) is 0 Å². The second kappa shape index (κ2) is 9.32. The first-order chi connectivity index (χ1) is 16.3. The average Bonchev–Trinajstić information content (AvgIpc) is 2.88. The normalized spacial score (nSPS) is 10.7. The molecule has 0 N–H and O–H groups in total. The Labute approximate surface area is 191 Å². The molecule has 0 aliphatic rings. The van der Waals surface area contributed by atoms with E-state index in [0.29, 0.717) is 17.0 Å². The van der Waals surface area contributed by atoms with Gasteiger partial charge in [0.25, 0.3) is 0 Å². The van der Waals surface area contributed by atoms with Crippen LogP contribution in [0.5, 0.6) is 11.5 Å². The molecule has 5 heteroatoms. The van der Waals surface area contributed by atoms with Crippen molar-refractivity contribution in [1.82, 2.24) is 9.97 Å². The Bertz CT molecular complexity index is 1400. The highest BCUT2D eigenvalue weighted by Gasteiger charge is 2.15. The fraction of sp³-hybridized carbons (Fsp3) is 0.0357. The van der Waals surface area contributed by atoms with E-state index in [-0.39, 0.29) is 6.61 Å². The molecule has 5 rings (SSSR count). The van der Waals surface area contributed by atoms with Gasteiger partial charge in [-0.05, 0) is 54.1 Å². The van der Waals surface area contributed by atoms with Crippen molar-refractivity contribution >= 4 is 16.9 Å². The number of esters is 1. The van der Waals surface area contributed by atoms with Gasteiger partial charge in [-0.25, -0.2) is 9.78 Å². The Balaban J connectivity index is 1.38. The molecule has 0 saturated carbocycles. The van der Waals surface area contributed by atoms with Gasteiger partial charge in [-0.2, -0.15) is 0 Å². The van der Waals surface area contributed by atoms with Gasteiger partial charge in [0.05, 0.1) is 16.8 Å². The van der Waals surface area contributed by atoms with Gasteiger partial charge in [0, 0.05) is 23.3 Å². The molecule has 0 saturated heterocycles. The fourth-order valence-corrected chi connectivity index (χ4v) is 3.56. The number of rotatable bonds is 6. The van der Waals surface area contributed by atoms with Crippen molar-refractivity contribution in [2.45, 2.75) is 6.61 Å². The third-order valence-electron chi connectivity index (χ3n) is 5.16. The van der Waals surface area contributed by atoms with Gasteiger partial charge in [-0.1, -0.05) is 48.5 Å². The van der Waals surface area contributed by atoms with Crippen molar-refractivity contribution in [3.63, 3.8) is 0 Å². The lowest BCUT2D eigenvalue weighted by molar-refractivity contribution is 0.0475. The van der Waals surface area contributed by atoms with Crippen molar-refractivity contribution in [3.05, 3.63) is 121 Å². The first-order valence-corrected chi connectivity index (χ1v) is 10.6. The largest absolute Gasteiger partial charge is 0.457 e. The second-order valence-corrected chi connectivity index (χ2v) is 7.45. The number of hydrogen-bond donors (Lipinski definition) is 0. The van der Waals surface area contributed by atoms with E-state index in [2.05, 4.69) is 4.98 Å². The predicted molar refractivity (Wildman–Crippen MR) is 127 cm³/mol. The number of benzene rings is 3. The summed E-state index contributed by atoms with van der Waals surface area (Å²) in [7, 11) is 0. The molecule has 0 radical (unpaired) electrons. The molecular weight excluding hydrogens is 412 g/mol. The molecule has 0 bridgehead atoms. The van der Waals surface area contributed by atoms with Gasteiger partial charge < -0.3 is 9.47 Å². The Morgan fingerprint density at radius 1 is 0.758 bits per heavy atom. The zero-order valence-corrected chi connectivity index (χ0v) is 17.7. The van der Waals surface area contributed by atoms with E-state index in [1.807, 2.05) is 91.0 Å². The maximum atomic E-state index is 13.1. The zero-order chi connectivity index (χ0) is 22.5. The molecule has 0 fully saturated rings. The SMILES string of the molecule is O=C(OCc1cccc(Oc2ccccc2)c1)c1cc(-c2ccncc2)nc2ccccc12. The second-order valence-electron chi connectivity index (χ2n) is 7.45. The van der Waals surface area contributed by atoms with E-state index >= 15 is 0 Å². The number of pyridine rings is 2. The molecule has 2 heterocycles. The molecule has 0 spiro atoms. The molecule has 0 aliphatic carbocycles. The molecule has 5 aromatic rings. The molecule has 160 valence electrons. The van der Waals surface area contributed by atoms with E-state index in [1.54, 1.807) is 18.5 Å². The number of hydrogen-bond acceptors (Lipinski definition) is 5. The standard InChI is InChI=1S/C28H20N2O3/c31-28(32-19-20-7-6-10-23(17-20)33-22-8-2-1-3-9-22)25-18-27(21-13-15-29-16-14-21)30-26-12-5-4-11-24(25)26/h1-18H,19H2. The summed E-state index contributed by atoms with van der Waals surface area (Å²) in [4.78, 5) is 21.9. The van der Waals surface area contributed by atoms with Crippen LogP contribution in [0, 0.1) is 0 Å². The molecular formula is C28H20N2O3. The van der Waals surface area contributed by atoms with Crippen LogP contribution in [-0.2, 0) is 11.3 Å². The van der Waals surface area contributed by atoms with E-state index in [9.17, 15) is 4.79 Å². The molecule has 5 nitrogen and oxygen atoms in total. The third kappa shape index (κ3) is 4.72. The Kier molecular flexibility index (Phi) is 5.76. The first-order valence-electron chi connectivity index (χ1n) is 10.6. The van der Waals surface area contributed by atoms with Crippen molar-refractivity contribution in [2.24, 2.45) is 0 Å². The minimum atomic E-state index is -0.404. The molecule has 33 heavy (non-hydrogen) atoms. The summed E-state index contributed by atoms with van der Waals surface area (Å²) >= 11 is 0. The third-order valence-corrected chi connectivity index (χ3v) is 5.16. The number of aromatic nitrogens is 2. The monoisotopic (exact) mass is 432 g/mol. The Hall–Kier alpha value is -4.51. The van der Waals surface area contributed by atoms with Crippen molar-refractivity contribution in [2.75, 3.05) is 0 Å². The van der Waals surface area contributed by atoms with Gasteiger partial charge in [0.15, 0.2) is 0 Å².